The molecule has 0 aliphatic heterocycles. The molecule has 11 heavy (non-hydrogen) atoms. The normalized spacial score (nSPS) is 24.6. The molecule has 0 radical (unpaired) electrons. The highest BCUT2D eigenvalue weighted by molar-refractivity contribution is 5.14. The molecule has 0 aromatic heterocycles. The third kappa shape index (κ3) is 3.22. The molecular formula is C11H16. The molecule has 0 atom stereocenters. The molecule has 1 rings (SSSR count). The lowest BCUT2D eigenvalue weighted by molar-refractivity contribution is 1.04. The average Bonchev–Trinajstić information content (AvgIpc) is 1.94. The number of hydrogen-bond acceptors (Lipinski definition) is 0. The first-order valence-corrected chi connectivity index (χ1v) is 4.41. The van der Waals surface area contributed by atoms with Crippen LogP contribution in [0.5, 0.6) is 0 Å². The van der Waals surface area contributed by atoms with Gasteiger partial charge in [-0.3, -0.25) is 0 Å². The van der Waals surface area contributed by atoms with Crippen molar-refractivity contribution in [3.8, 4) is 0 Å². The minimum Gasteiger partial charge on any atom is -0.0850 e. The fraction of sp³-hybridized carbons (Fsp3) is 0.455. The van der Waals surface area contributed by atoms with Crippen LogP contribution >= 0.6 is 0 Å². The molecule has 0 heterocycles. The van der Waals surface area contributed by atoms with Gasteiger partial charge in [-0.25, -0.2) is 0 Å². The fourth-order valence-corrected chi connectivity index (χ4v) is 1.28. The van der Waals surface area contributed by atoms with Gasteiger partial charge in [-0.05, 0) is 25.7 Å². The molecule has 1 aliphatic rings. The molecule has 0 spiro atoms. The van der Waals surface area contributed by atoms with Gasteiger partial charge in [-0.15, -0.1) is 0 Å². The lowest BCUT2D eigenvalue weighted by atomic mass is 10.0. The Balaban J connectivity index is 2.53. The van der Waals surface area contributed by atoms with Crippen LogP contribution in [0.15, 0.2) is 36.0 Å². The fourth-order valence-electron chi connectivity index (χ4n) is 1.28. The van der Waals surface area contributed by atoms with E-state index in [0.717, 1.165) is 25.7 Å². The van der Waals surface area contributed by atoms with Gasteiger partial charge < -0.3 is 0 Å². The van der Waals surface area contributed by atoms with Gasteiger partial charge in [0.05, 0.1) is 0 Å². The quantitative estimate of drug-likeness (QED) is 0.498. The van der Waals surface area contributed by atoms with Crippen LogP contribution in [0, 0.1) is 0 Å². The second-order valence-electron chi connectivity index (χ2n) is 2.86. The van der Waals surface area contributed by atoms with Crippen LogP contribution in [0.3, 0.4) is 0 Å². The summed E-state index contributed by atoms with van der Waals surface area (Å²) >= 11 is 0. The van der Waals surface area contributed by atoms with E-state index in [4.69, 9.17) is 0 Å². The van der Waals surface area contributed by atoms with E-state index in [0.29, 0.717) is 0 Å². The van der Waals surface area contributed by atoms with Crippen LogP contribution < -0.4 is 0 Å². The first-order valence-electron chi connectivity index (χ1n) is 4.41. The molecule has 0 heteroatoms. The molecule has 0 fully saturated rings. The lowest BCUT2D eigenvalue weighted by Gasteiger charge is -2.02. The van der Waals surface area contributed by atoms with Crippen molar-refractivity contribution in [1.29, 1.82) is 0 Å². The second kappa shape index (κ2) is 4.95. The molecule has 0 unspecified atom stereocenters. The first-order chi connectivity index (χ1) is 5.43. The van der Waals surface area contributed by atoms with Gasteiger partial charge >= 0.3 is 0 Å². The maximum atomic E-state index is 2.33. The Morgan fingerprint density at radius 3 is 2.36 bits per heavy atom. The van der Waals surface area contributed by atoms with Crippen LogP contribution in [0.1, 0.15) is 32.6 Å². The summed E-state index contributed by atoms with van der Waals surface area (Å²) < 4.78 is 0. The van der Waals surface area contributed by atoms with E-state index in [1.807, 2.05) is 0 Å². The van der Waals surface area contributed by atoms with Crippen molar-refractivity contribution in [3.63, 3.8) is 0 Å². The van der Waals surface area contributed by atoms with Crippen molar-refractivity contribution >= 4 is 0 Å². The Morgan fingerprint density at radius 1 is 1.18 bits per heavy atom. The summed E-state index contributed by atoms with van der Waals surface area (Å²) in [6.07, 6.45) is 15.9. The lowest BCUT2D eigenvalue weighted by Crippen LogP contribution is -1.81. The van der Waals surface area contributed by atoms with Gasteiger partial charge in [0.2, 0.25) is 0 Å². The van der Waals surface area contributed by atoms with Crippen molar-refractivity contribution in [2.75, 3.05) is 0 Å². The third-order valence-corrected chi connectivity index (χ3v) is 1.86. The molecule has 0 saturated heterocycles. The zero-order valence-electron chi connectivity index (χ0n) is 7.22. The van der Waals surface area contributed by atoms with Gasteiger partial charge in [0.15, 0.2) is 0 Å². The molecule has 0 aromatic carbocycles. The second-order valence-corrected chi connectivity index (χ2v) is 2.86. The van der Waals surface area contributed by atoms with Crippen LogP contribution in [-0.4, -0.2) is 0 Å². The molecule has 0 bridgehead atoms. The van der Waals surface area contributed by atoms with Gasteiger partial charge in [-0.1, -0.05) is 42.9 Å². The van der Waals surface area contributed by atoms with E-state index in [1.165, 1.54) is 0 Å². The number of rotatable bonds is 1. The molecule has 0 N–H and O–H groups in total. The number of hydrogen-bond donors (Lipinski definition) is 0. The summed E-state index contributed by atoms with van der Waals surface area (Å²) in [5.41, 5.74) is 1.56. The van der Waals surface area contributed by atoms with E-state index in [1.54, 1.807) is 5.57 Å². The minimum absolute atomic E-state index is 1.11. The molecule has 0 aromatic rings. The molecule has 1 aliphatic carbocycles. The molecular weight excluding hydrogens is 132 g/mol. The van der Waals surface area contributed by atoms with E-state index >= 15 is 0 Å². The molecule has 60 valence electrons. The summed E-state index contributed by atoms with van der Waals surface area (Å²) in [4.78, 5) is 0. The van der Waals surface area contributed by atoms with Crippen LogP contribution in [0.2, 0.25) is 0 Å². The van der Waals surface area contributed by atoms with Gasteiger partial charge in [0.25, 0.3) is 0 Å². The van der Waals surface area contributed by atoms with E-state index in [2.05, 4.69) is 37.3 Å². The average molecular weight is 148 g/mol. The smallest absolute Gasteiger partial charge is 0.0136 e. The Kier molecular flexibility index (Phi) is 3.74. The van der Waals surface area contributed by atoms with Crippen molar-refractivity contribution in [3.05, 3.63) is 36.0 Å². The van der Waals surface area contributed by atoms with Crippen LogP contribution in [-0.2, 0) is 0 Å². The number of allylic oxidation sites excluding steroid dienone is 6. The predicted molar refractivity (Wildman–Crippen MR) is 50.5 cm³/mol. The van der Waals surface area contributed by atoms with Crippen LogP contribution in [0.4, 0.5) is 0 Å². The molecule has 0 nitrogen and oxygen atoms in total. The van der Waals surface area contributed by atoms with Crippen LogP contribution in [0.25, 0.3) is 0 Å². The molecule has 0 amide bonds. The van der Waals surface area contributed by atoms with Gasteiger partial charge in [0, 0.05) is 0 Å². The van der Waals surface area contributed by atoms with Crippen molar-refractivity contribution in [1.82, 2.24) is 0 Å². The highest BCUT2D eigenvalue weighted by atomic mass is 14.0. The monoisotopic (exact) mass is 148 g/mol. The van der Waals surface area contributed by atoms with Gasteiger partial charge in [-0.2, -0.15) is 0 Å². The van der Waals surface area contributed by atoms with Gasteiger partial charge in [0.1, 0.15) is 0 Å². The van der Waals surface area contributed by atoms with E-state index in [-0.39, 0.29) is 0 Å². The topological polar surface area (TPSA) is 0 Å². The van der Waals surface area contributed by atoms with Crippen molar-refractivity contribution < 1.29 is 0 Å². The minimum atomic E-state index is 1.11. The zero-order valence-corrected chi connectivity index (χ0v) is 7.22. The van der Waals surface area contributed by atoms with E-state index < -0.39 is 0 Å². The van der Waals surface area contributed by atoms with Crippen molar-refractivity contribution in [2.24, 2.45) is 0 Å². The Labute approximate surface area is 69.3 Å². The maximum absolute atomic E-state index is 2.33. The Bertz CT molecular complexity index is 166. The standard InChI is InChI=1S/C11H16/c1-2-8-11-9-6-4-3-5-7-10-11/h4-8H,2-3,9-10H2,1H3/b6-4-,7-5?,11-8?. The SMILES string of the molecule is CCC=C1CC=CC/C=C\C1. The summed E-state index contributed by atoms with van der Waals surface area (Å²) in [6.45, 7) is 2.19. The molecule has 0 saturated carbocycles. The summed E-state index contributed by atoms with van der Waals surface area (Å²) in [6, 6.07) is 0. The van der Waals surface area contributed by atoms with E-state index in [9.17, 15) is 0 Å². The zero-order chi connectivity index (χ0) is 7.94. The first kappa shape index (κ1) is 8.32. The highest BCUT2D eigenvalue weighted by Gasteiger charge is 1.92. The summed E-state index contributed by atoms with van der Waals surface area (Å²) in [5, 5.41) is 0. The summed E-state index contributed by atoms with van der Waals surface area (Å²) in [7, 11) is 0. The maximum Gasteiger partial charge on any atom is -0.0136 e. The predicted octanol–water partition coefficient (Wildman–Crippen LogP) is 3.62. The third-order valence-electron chi connectivity index (χ3n) is 1.86. The largest absolute Gasteiger partial charge is 0.0850 e. The Morgan fingerprint density at radius 2 is 1.82 bits per heavy atom. The Hall–Kier alpha value is -0.780. The van der Waals surface area contributed by atoms with Crippen molar-refractivity contribution in [2.45, 2.75) is 32.6 Å². The highest BCUT2D eigenvalue weighted by Crippen LogP contribution is 2.12. The summed E-state index contributed by atoms with van der Waals surface area (Å²) in [5.74, 6) is 0.